The number of carboxylic acid groups (broad SMARTS) is 1. The van der Waals surface area contributed by atoms with Crippen molar-refractivity contribution >= 4 is 11.7 Å². The third kappa shape index (κ3) is 4.25. The van der Waals surface area contributed by atoms with E-state index in [1.807, 2.05) is 19.1 Å². The molecule has 0 saturated carbocycles. The average Bonchev–Trinajstić information content (AvgIpc) is 2.61. The van der Waals surface area contributed by atoms with E-state index in [1.165, 1.54) is 6.07 Å². The lowest BCUT2D eigenvalue weighted by atomic mass is 10.1. The summed E-state index contributed by atoms with van der Waals surface area (Å²) in [5.74, 6) is 0.279. The number of benzene rings is 2. The molecule has 0 spiro atoms. The molecule has 0 atom stereocenters. The Morgan fingerprint density at radius 1 is 1.04 bits per heavy atom. The lowest BCUT2D eigenvalue weighted by molar-refractivity contribution is 0.0696. The number of nitrogens with zero attached hydrogens (tertiary/aromatic N) is 1. The van der Waals surface area contributed by atoms with Crippen LogP contribution in [0, 0.1) is 0 Å². The smallest absolute Gasteiger partial charge is 0.335 e. The van der Waals surface area contributed by atoms with Gasteiger partial charge in [-0.15, -0.1) is 0 Å². The minimum atomic E-state index is -0.971. The normalized spacial score (nSPS) is 11.0. The van der Waals surface area contributed by atoms with Gasteiger partial charge in [0.2, 0.25) is 0 Å². The van der Waals surface area contributed by atoms with Crippen LogP contribution in [0.1, 0.15) is 28.4 Å². The molecule has 6 nitrogen and oxygen atoms in total. The number of rotatable bonds is 7. The molecule has 0 unspecified atom stereocenters. The fourth-order valence-electron chi connectivity index (χ4n) is 2.11. The summed E-state index contributed by atoms with van der Waals surface area (Å²) in [6.07, 6.45) is 0. The summed E-state index contributed by atoms with van der Waals surface area (Å²) in [4.78, 5) is 16.3. The van der Waals surface area contributed by atoms with Gasteiger partial charge >= 0.3 is 5.97 Å². The second kappa shape index (κ2) is 8.01. The maximum absolute atomic E-state index is 10.9. The van der Waals surface area contributed by atoms with Crippen molar-refractivity contribution in [3.63, 3.8) is 0 Å². The summed E-state index contributed by atoms with van der Waals surface area (Å²) < 4.78 is 10.5. The molecule has 2 aromatic rings. The number of carboxylic acids is 1. The quantitative estimate of drug-likeness (QED) is 0.623. The molecular weight excluding hydrogens is 310 g/mol. The van der Waals surface area contributed by atoms with Gasteiger partial charge in [0.15, 0.2) is 11.5 Å². The fraction of sp³-hybridized carbons (Fsp3) is 0.222. The molecule has 0 fully saturated rings. The molecule has 1 N–H and O–H groups in total. The van der Waals surface area contributed by atoms with E-state index in [-0.39, 0.29) is 12.2 Å². The summed E-state index contributed by atoms with van der Waals surface area (Å²) in [7, 11) is 3.15. The van der Waals surface area contributed by atoms with Crippen molar-refractivity contribution in [1.82, 2.24) is 0 Å². The average molecular weight is 329 g/mol. The molecule has 0 heterocycles. The Bertz CT molecular complexity index is 755. The number of methoxy groups -OCH3 is 2. The molecular formula is C18H19NO5. The van der Waals surface area contributed by atoms with Crippen LogP contribution in [0.4, 0.5) is 0 Å². The zero-order valence-electron chi connectivity index (χ0n) is 13.8. The highest BCUT2D eigenvalue weighted by atomic mass is 16.6. The summed E-state index contributed by atoms with van der Waals surface area (Å²) in [6, 6.07) is 12.0. The van der Waals surface area contributed by atoms with Crippen LogP contribution in [0.5, 0.6) is 11.5 Å². The Kier molecular flexibility index (Phi) is 5.78. The third-order valence-electron chi connectivity index (χ3n) is 3.41. The van der Waals surface area contributed by atoms with Crippen LogP contribution in [-0.4, -0.2) is 31.0 Å². The molecule has 0 aliphatic carbocycles. The van der Waals surface area contributed by atoms with Crippen LogP contribution in [0.25, 0.3) is 0 Å². The van der Waals surface area contributed by atoms with Crippen molar-refractivity contribution in [2.45, 2.75) is 13.5 Å². The van der Waals surface area contributed by atoms with Crippen LogP contribution in [0.15, 0.2) is 47.6 Å². The minimum Gasteiger partial charge on any atom is -0.493 e. The van der Waals surface area contributed by atoms with Gasteiger partial charge in [0, 0.05) is 5.56 Å². The monoisotopic (exact) mass is 329 g/mol. The first-order chi connectivity index (χ1) is 11.5. The number of carbonyl (C=O) groups is 1. The van der Waals surface area contributed by atoms with Crippen molar-refractivity contribution in [3.05, 3.63) is 59.2 Å². The first-order valence-electron chi connectivity index (χ1n) is 7.26. The Hall–Kier alpha value is -3.02. The number of ether oxygens (including phenoxy) is 2. The predicted molar refractivity (Wildman–Crippen MR) is 89.9 cm³/mol. The van der Waals surface area contributed by atoms with E-state index < -0.39 is 5.97 Å². The molecule has 0 aliphatic rings. The summed E-state index contributed by atoms with van der Waals surface area (Å²) in [5.41, 5.74) is 2.47. The van der Waals surface area contributed by atoms with E-state index >= 15 is 0 Å². The molecule has 24 heavy (non-hydrogen) atoms. The topological polar surface area (TPSA) is 77.4 Å². The van der Waals surface area contributed by atoms with Crippen molar-refractivity contribution in [2.75, 3.05) is 14.2 Å². The molecule has 0 saturated heterocycles. The van der Waals surface area contributed by atoms with Crippen LogP contribution in [-0.2, 0) is 11.4 Å². The van der Waals surface area contributed by atoms with Crippen LogP contribution in [0.2, 0.25) is 0 Å². The van der Waals surface area contributed by atoms with E-state index in [9.17, 15) is 4.79 Å². The van der Waals surface area contributed by atoms with Gasteiger partial charge < -0.3 is 19.4 Å². The highest BCUT2D eigenvalue weighted by molar-refractivity contribution is 5.98. The molecule has 0 amide bonds. The molecule has 0 radical (unpaired) electrons. The SMILES string of the molecule is COc1ccc(/C(C)=N\OCc2cccc(C(=O)O)c2)cc1OC. The van der Waals surface area contributed by atoms with E-state index in [0.717, 1.165) is 11.1 Å². The summed E-state index contributed by atoms with van der Waals surface area (Å²) in [6.45, 7) is 2.00. The highest BCUT2D eigenvalue weighted by Crippen LogP contribution is 2.27. The predicted octanol–water partition coefficient (Wildman–Crippen LogP) is 3.34. The molecule has 0 aromatic heterocycles. The van der Waals surface area contributed by atoms with Crippen LogP contribution in [0.3, 0.4) is 0 Å². The van der Waals surface area contributed by atoms with Gasteiger partial charge in [-0.3, -0.25) is 0 Å². The Balaban J connectivity index is 2.06. The van der Waals surface area contributed by atoms with Gasteiger partial charge in [-0.1, -0.05) is 17.3 Å². The summed E-state index contributed by atoms with van der Waals surface area (Å²) in [5, 5.41) is 13.0. The summed E-state index contributed by atoms with van der Waals surface area (Å²) >= 11 is 0. The zero-order valence-corrected chi connectivity index (χ0v) is 13.8. The number of aromatic carboxylic acids is 1. The molecule has 2 rings (SSSR count). The Morgan fingerprint density at radius 2 is 1.79 bits per heavy atom. The standard InChI is InChI=1S/C18H19NO5/c1-12(14-7-8-16(22-2)17(10-14)23-3)19-24-11-13-5-4-6-15(9-13)18(20)21/h4-10H,11H2,1-3H3,(H,20,21)/b19-12-. The first-order valence-corrected chi connectivity index (χ1v) is 7.26. The van der Waals surface area contributed by atoms with E-state index in [1.54, 1.807) is 38.5 Å². The molecule has 0 aliphatic heterocycles. The highest BCUT2D eigenvalue weighted by Gasteiger charge is 2.07. The lowest BCUT2D eigenvalue weighted by Crippen LogP contribution is -2.00. The van der Waals surface area contributed by atoms with Crippen molar-refractivity contribution < 1.29 is 24.2 Å². The van der Waals surface area contributed by atoms with Crippen molar-refractivity contribution in [2.24, 2.45) is 5.16 Å². The van der Waals surface area contributed by atoms with Gasteiger partial charge in [0.1, 0.15) is 6.61 Å². The maximum atomic E-state index is 10.9. The number of hydrogen-bond donors (Lipinski definition) is 1. The Labute approximate surface area is 140 Å². The molecule has 6 heteroatoms. The molecule has 0 bridgehead atoms. The second-order valence-corrected chi connectivity index (χ2v) is 5.03. The number of hydrogen-bond acceptors (Lipinski definition) is 5. The van der Waals surface area contributed by atoms with Gasteiger partial charge in [-0.2, -0.15) is 0 Å². The third-order valence-corrected chi connectivity index (χ3v) is 3.41. The van der Waals surface area contributed by atoms with Gasteiger partial charge in [-0.05, 0) is 42.8 Å². The molecule has 2 aromatic carbocycles. The lowest BCUT2D eigenvalue weighted by Gasteiger charge is -2.09. The molecule has 126 valence electrons. The van der Waals surface area contributed by atoms with E-state index in [4.69, 9.17) is 19.4 Å². The Morgan fingerprint density at radius 3 is 2.46 bits per heavy atom. The zero-order chi connectivity index (χ0) is 17.5. The largest absolute Gasteiger partial charge is 0.493 e. The van der Waals surface area contributed by atoms with Crippen molar-refractivity contribution in [1.29, 1.82) is 0 Å². The van der Waals surface area contributed by atoms with Crippen molar-refractivity contribution in [3.8, 4) is 11.5 Å². The van der Waals surface area contributed by atoms with Crippen LogP contribution < -0.4 is 9.47 Å². The minimum absolute atomic E-state index is 0.186. The number of oxime groups is 1. The van der Waals surface area contributed by atoms with E-state index in [2.05, 4.69) is 5.16 Å². The van der Waals surface area contributed by atoms with Gasteiger partial charge in [0.05, 0.1) is 25.5 Å². The van der Waals surface area contributed by atoms with Crippen LogP contribution >= 0.6 is 0 Å². The van der Waals surface area contributed by atoms with Gasteiger partial charge in [-0.25, -0.2) is 4.79 Å². The van der Waals surface area contributed by atoms with Gasteiger partial charge in [0.25, 0.3) is 0 Å². The van der Waals surface area contributed by atoms with E-state index in [0.29, 0.717) is 17.2 Å². The fourth-order valence-corrected chi connectivity index (χ4v) is 2.11. The second-order valence-electron chi connectivity index (χ2n) is 5.03. The first kappa shape index (κ1) is 17.3. The maximum Gasteiger partial charge on any atom is 0.335 e.